The van der Waals surface area contributed by atoms with Crippen LogP contribution in [0.1, 0.15) is 37.8 Å². The van der Waals surface area contributed by atoms with E-state index >= 15 is 0 Å². The summed E-state index contributed by atoms with van der Waals surface area (Å²) in [5.74, 6) is 0.696. The molecule has 0 bridgehead atoms. The zero-order valence-corrected chi connectivity index (χ0v) is 13.6. The number of aromatic nitrogens is 2. The molecule has 1 saturated carbocycles. The Morgan fingerprint density at radius 1 is 1.36 bits per heavy atom. The topological polar surface area (TPSA) is 48.3 Å². The highest BCUT2D eigenvalue weighted by molar-refractivity contribution is 5.85. The van der Waals surface area contributed by atoms with E-state index in [0.717, 1.165) is 30.5 Å². The van der Waals surface area contributed by atoms with Gasteiger partial charge in [-0.3, -0.25) is 4.68 Å². The highest BCUT2D eigenvalue weighted by Crippen LogP contribution is 2.29. The van der Waals surface area contributed by atoms with E-state index in [-0.39, 0.29) is 0 Å². The van der Waals surface area contributed by atoms with Gasteiger partial charge in [-0.2, -0.15) is 0 Å². The zero-order valence-electron chi connectivity index (χ0n) is 13.6. The molecule has 1 aliphatic rings. The van der Waals surface area contributed by atoms with E-state index in [1.165, 1.54) is 18.4 Å². The number of hydrogen-bond donors (Lipinski definition) is 1. The summed E-state index contributed by atoms with van der Waals surface area (Å²) in [6, 6.07) is 7.59. The molecule has 1 aromatic carbocycles. The van der Waals surface area contributed by atoms with Crippen molar-refractivity contribution in [1.82, 2.24) is 15.1 Å². The Labute approximate surface area is 131 Å². The van der Waals surface area contributed by atoms with Crippen LogP contribution in [0, 0.1) is 0 Å². The lowest BCUT2D eigenvalue weighted by molar-refractivity contribution is 0.189. The second-order valence-corrected chi connectivity index (χ2v) is 6.02. The Morgan fingerprint density at radius 3 is 2.86 bits per heavy atom. The average molecular weight is 303 g/mol. The van der Waals surface area contributed by atoms with E-state index in [4.69, 9.17) is 9.47 Å². The van der Waals surface area contributed by atoms with E-state index in [2.05, 4.69) is 35.5 Å². The summed E-state index contributed by atoms with van der Waals surface area (Å²) in [5.41, 5.74) is 2.44. The third-order valence-electron chi connectivity index (χ3n) is 4.22. The predicted octanol–water partition coefficient (Wildman–Crippen LogP) is 2.89. The number of ether oxygens (including phenoxy) is 2. The number of aryl methyl sites for hydroxylation is 1. The van der Waals surface area contributed by atoms with Gasteiger partial charge in [0, 0.05) is 32.3 Å². The fourth-order valence-electron chi connectivity index (χ4n) is 2.81. The number of methoxy groups -OCH3 is 2. The summed E-state index contributed by atoms with van der Waals surface area (Å²) in [4.78, 5) is 0. The molecule has 1 unspecified atom stereocenters. The Morgan fingerprint density at radius 2 is 2.18 bits per heavy atom. The van der Waals surface area contributed by atoms with Crippen LogP contribution in [0.5, 0.6) is 5.88 Å². The zero-order chi connectivity index (χ0) is 15.5. The first kappa shape index (κ1) is 15.3. The molecular formula is C17H25N3O2. The van der Waals surface area contributed by atoms with Gasteiger partial charge in [0.2, 0.25) is 5.88 Å². The van der Waals surface area contributed by atoms with Crippen LogP contribution < -0.4 is 10.1 Å². The van der Waals surface area contributed by atoms with Crippen LogP contribution in [0.15, 0.2) is 18.2 Å². The predicted molar refractivity (Wildman–Crippen MR) is 87.4 cm³/mol. The van der Waals surface area contributed by atoms with Crippen molar-refractivity contribution in [2.45, 2.75) is 44.8 Å². The first-order valence-corrected chi connectivity index (χ1v) is 8.02. The Balaban J connectivity index is 1.87. The molecule has 1 atom stereocenters. The Kier molecular flexibility index (Phi) is 4.64. The molecule has 5 heteroatoms. The van der Waals surface area contributed by atoms with Gasteiger partial charge < -0.3 is 14.8 Å². The van der Waals surface area contributed by atoms with E-state index in [0.29, 0.717) is 18.0 Å². The van der Waals surface area contributed by atoms with Crippen molar-refractivity contribution in [3.05, 3.63) is 23.8 Å². The summed E-state index contributed by atoms with van der Waals surface area (Å²) in [5, 5.41) is 9.29. The van der Waals surface area contributed by atoms with Gasteiger partial charge in [0.05, 0.1) is 18.0 Å². The van der Waals surface area contributed by atoms with Crippen molar-refractivity contribution in [2.75, 3.05) is 20.8 Å². The van der Waals surface area contributed by atoms with Crippen LogP contribution in [-0.2, 0) is 11.3 Å². The molecule has 0 spiro atoms. The van der Waals surface area contributed by atoms with E-state index in [1.54, 1.807) is 14.2 Å². The fourth-order valence-corrected chi connectivity index (χ4v) is 2.81. The quantitative estimate of drug-likeness (QED) is 0.762. The molecule has 1 heterocycles. The monoisotopic (exact) mass is 303 g/mol. The van der Waals surface area contributed by atoms with Gasteiger partial charge in [0.25, 0.3) is 0 Å². The maximum Gasteiger partial charge on any atom is 0.240 e. The number of rotatable bonds is 8. The van der Waals surface area contributed by atoms with Crippen LogP contribution in [0.4, 0.5) is 0 Å². The molecule has 5 nitrogen and oxygen atoms in total. The molecule has 3 rings (SSSR count). The van der Waals surface area contributed by atoms with Crippen molar-refractivity contribution in [2.24, 2.45) is 0 Å². The largest absolute Gasteiger partial charge is 0.479 e. The number of nitrogens with zero attached hydrogens (tertiary/aromatic N) is 2. The summed E-state index contributed by atoms with van der Waals surface area (Å²) in [6.07, 6.45) is 3.54. The molecule has 0 amide bonds. The van der Waals surface area contributed by atoms with Crippen molar-refractivity contribution in [1.29, 1.82) is 0 Å². The molecular weight excluding hydrogens is 278 g/mol. The molecule has 0 radical (unpaired) electrons. The number of fused-ring (bicyclic) bond motifs is 1. The van der Waals surface area contributed by atoms with Crippen LogP contribution >= 0.6 is 0 Å². The third-order valence-corrected chi connectivity index (χ3v) is 4.22. The maximum atomic E-state index is 5.41. The lowest BCUT2D eigenvalue weighted by atomic mass is 10.1. The number of benzene rings is 1. The summed E-state index contributed by atoms with van der Waals surface area (Å²) >= 11 is 0. The minimum absolute atomic E-state index is 0.366. The van der Waals surface area contributed by atoms with Crippen molar-refractivity contribution in [3.8, 4) is 5.88 Å². The lowest BCUT2D eigenvalue weighted by Gasteiger charge is -2.14. The number of nitrogens with one attached hydrogen (secondary N) is 1. The Hall–Kier alpha value is -1.59. The summed E-state index contributed by atoms with van der Waals surface area (Å²) in [7, 11) is 3.40. The van der Waals surface area contributed by atoms with Crippen molar-refractivity contribution < 1.29 is 9.47 Å². The van der Waals surface area contributed by atoms with Gasteiger partial charge in [-0.25, -0.2) is 0 Å². The van der Waals surface area contributed by atoms with Gasteiger partial charge in [0.1, 0.15) is 0 Å². The first-order chi connectivity index (χ1) is 10.7. The highest BCUT2D eigenvalue weighted by atomic mass is 16.5. The standard InChI is InChI=1S/C17H25N3O2/c1-12(18-14-6-7-14)13-5-8-15-16(11-13)20(9-4-10-21-2)19-17(15)22-3/h5,8,11-12,14,18H,4,6-7,9-10H2,1-3H3. The van der Waals surface area contributed by atoms with Crippen LogP contribution in [0.3, 0.4) is 0 Å². The molecule has 0 aliphatic heterocycles. The van der Waals surface area contributed by atoms with Crippen molar-refractivity contribution in [3.63, 3.8) is 0 Å². The minimum Gasteiger partial charge on any atom is -0.479 e. The summed E-state index contributed by atoms with van der Waals surface area (Å²) in [6.45, 7) is 3.80. The molecule has 1 fully saturated rings. The molecule has 0 saturated heterocycles. The molecule has 1 aromatic heterocycles. The average Bonchev–Trinajstić information content (AvgIpc) is 3.27. The first-order valence-electron chi connectivity index (χ1n) is 8.02. The van der Waals surface area contributed by atoms with Gasteiger partial charge in [-0.1, -0.05) is 6.07 Å². The third kappa shape index (κ3) is 3.25. The molecule has 2 aromatic rings. The van der Waals surface area contributed by atoms with E-state index in [1.807, 2.05) is 4.68 Å². The van der Waals surface area contributed by atoms with E-state index < -0.39 is 0 Å². The number of hydrogen-bond acceptors (Lipinski definition) is 4. The van der Waals surface area contributed by atoms with Crippen LogP contribution in [0.2, 0.25) is 0 Å². The second-order valence-electron chi connectivity index (χ2n) is 6.02. The molecule has 22 heavy (non-hydrogen) atoms. The maximum absolute atomic E-state index is 5.41. The van der Waals surface area contributed by atoms with Gasteiger partial charge in [-0.05, 0) is 43.9 Å². The SMILES string of the molecule is COCCCn1nc(OC)c2ccc(C(C)NC3CC3)cc21. The molecule has 120 valence electrons. The van der Waals surface area contributed by atoms with Gasteiger partial charge in [0.15, 0.2) is 0 Å². The second kappa shape index (κ2) is 6.67. The molecule has 1 N–H and O–H groups in total. The highest BCUT2D eigenvalue weighted by Gasteiger charge is 2.23. The van der Waals surface area contributed by atoms with Crippen molar-refractivity contribution >= 4 is 10.9 Å². The van der Waals surface area contributed by atoms with Crippen LogP contribution in [0.25, 0.3) is 10.9 Å². The summed E-state index contributed by atoms with van der Waals surface area (Å²) < 4.78 is 12.6. The molecule has 1 aliphatic carbocycles. The fraction of sp³-hybridized carbons (Fsp3) is 0.588. The normalized spacial score (nSPS) is 16.1. The van der Waals surface area contributed by atoms with E-state index in [9.17, 15) is 0 Å². The Bertz CT molecular complexity index is 634. The van der Waals surface area contributed by atoms with Crippen LogP contribution in [-0.4, -0.2) is 36.6 Å². The lowest BCUT2D eigenvalue weighted by Crippen LogP contribution is -2.20. The minimum atomic E-state index is 0.366. The van der Waals surface area contributed by atoms with Gasteiger partial charge >= 0.3 is 0 Å². The smallest absolute Gasteiger partial charge is 0.240 e. The van der Waals surface area contributed by atoms with Gasteiger partial charge in [-0.15, -0.1) is 5.10 Å².